The number of hydrogen-bond acceptors (Lipinski definition) is 4. The molecule has 2 heterocycles. The molecule has 1 fully saturated rings. The van der Waals surface area contributed by atoms with Crippen molar-refractivity contribution in [2.75, 3.05) is 31.1 Å². The third-order valence-electron chi connectivity index (χ3n) is 4.61. The van der Waals surface area contributed by atoms with E-state index in [0.717, 1.165) is 22.8 Å². The molecule has 1 aromatic heterocycles. The van der Waals surface area contributed by atoms with Crippen molar-refractivity contribution in [3.63, 3.8) is 0 Å². The van der Waals surface area contributed by atoms with E-state index in [0.29, 0.717) is 36.8 Å². The van der Waals surface area contributed by atoms with Crippen molar-refractivity contribution in [3.8, 4) is 0 Å². The smallest absolute Gasteiger partial charge is 0.255 e. The van der Waals surface area contributed by atoms with Gasteiger partial charge in [0.05, 0.1) is 16.1 Å². The molecule has 8 heteroatoms. The number of nitrogens with zero attached hydrogens (tertiary/aromatic N) is 4. The summed E-state index contributed by atoms with van der Waals surface area (Å²) >= 11 is 12.1. The van der Waals surface area contributed by atoms with Gasteiger partial charge in [-0.3, -0.25) is 4.79 Å². The van der Waals surface area contributed by atoms with Crippen LogP contribution in [0.2, 0.25) is 10.0 Å². The second-order valence-corrected chi connectivity index (χ2v) is 7.11. The number of hydrogen-bond donors (Lipinski definition) is 0. The number of anilines is 1. The second kappa shape index (κ2) is 7.29. The van der Waals surface area contributed by atoms with Crippen LogP contribution in [0, 0.1) is 5.82 Å². The first kappa shape index (κ1) is 17.9. The van der Waals surface area contributed by atoms with Crippen LogP contribution in [0.4, 0.5) is 10.2 Å². The molecule has 1 aliphatic heterocycles. The Kier molecular flexibility index (Phi) is 4.85. The Morgan fingerprint density at radius 2 is 1.78 bits per heavy atom. The SMILES string of the molecule is O=C(c1ccc(F)cc1Cl)N1CCN(c2ncnc3cc(Cl)ccc23)CC1. The van der Waals surface area contributed by atoms with Crippen LogP contribution in [0.1, 0.15) is 10.4 Å². The molecule has 4 rings (SSSR count). The zero-order chi connectivity index (χ0) is 19.0. The molecule has 5 nitrogen and oxygen atoms in total. The number of amides is 1. The summed E-state index contributed by atoms with van der Waals surface area (Å²) in [6, 6.07) is 9.35. The minimum absolute atomic E-state index is 0.126. The van der Waals surface area contributed by atoms with Gasteiger partial charge in [0.1, 0.15) is 18.0 Å². The van der Waals surface area contributed by atoms with Crippen LogP contribution in [0.3, 0.4) is 0 Å². The number of piperazine rings is 1. The average Bonchev–Trinajstić information content (AvgIpc) is 2.67. The highest BCUT2D eigenvalue weighted by Crippen LogP contribution is 2.27. The lowest BCUT2D eigenvalue weighted by Crippen LogP contribution is -2.49. The zero-order valence-corrected chi connectivity index (χ0v) is 15.7. The number of halogens is 3. The van der Waals surface area contributed by atoms with Gasteiger partial charge in [-0.1, -0.05) is 23.2 Å². The molecule has 1 aliphatic rings. The average molecular weight is 405 g/mol. The van der Waals surface area contributed by atoms with Gasteiger partial charge in [-0.25, -0.2) is 14.4 Å². The Morgan fingerprint density at radius 1 is 1.00 bits per heavy atom. The fourth-order valence-electron chi connectivity index (χ4n) is 3.22. The molecule has 0 aliphatic carbocycles. The summed E-state index contributed by atoms with van der Waals surface area (Å²) < 4.78 is 13.2. The third kappa shape index (κ3) is 3.55. The standard InChI is InChI=1S/C19H15Cl2FN4O/c20-12-1-3-15-17(9-12)23-11-24-18(15)25-5-7-26(8-6-25)19(27)14-4-2-13(22)10-16(14)21/h1-4,9-11H,5-8H2. The Morgan fingerprint density at radius 3 is 2.52 bits per heavy atom. The highest BCUT2D eigenvalue weighted by Gasteiger charge is 2.25. The van der Waals surface area contributed by atoms with Crippen molar-refractivity contribution >= 4 is 45.8 Å². The van der Waals surface area contributed by atoms with E-state index in [9.17, 15) is 9.18 Å². The Labute approximate surface area is 165 Å². The normalized spacial score (nSPS) is 14.6. The summed E-state index contributed by atoms with van der Waals surface area (Å²) in [6.45, 7) is 2.29. The lowest BCUT2D eigenvalue weighted by Gasteiger charge is -2.36. The molecule has 0 unspecified atom stereocenters. The summed E-state index contributed by atoms with van der Waals surface area (Å²) in [5.41, 5.74) is 1.10. The van der Waals surface area contributed by atoms with Gasteiger partial charge in [-0.15, -0.1) is 0 Å². The maximum Gasteiger partial charge on any atom is 0.255 e. The number of carbonyl (C=O) groups is 1. The molecular formula is C19H15Cl2FN4O. The molecule has 27 heavy (non-hydrogen) atoms. The number of benzene rings is 2. The lowest BCUT2D eigenvalue weighted by molar-refractivity contribution is 0.0746. The first-order valence-corrected chi connectivity index (χ1v) is 9.18. The molecule has 0 spiro atoms. The molecule has 0 radical (unpaired) electrons. The van der Waals surface area contributed by atoms with E-state index < -0.39 is 5.82 Å². The number of carbonyl (C=O) groups excluding carboxylic acids is 1. The van der Waals surface area contributed by atoms with Gasteiger partial charge in [0.25, 0.3) is 5.91 Å². The van der Waals surface area contributed by atoms with E-state index in [2.05, 4.69) is 14.9 Å². The molecule has 0 bridgehead atoms. The molecule has 138 valence electrons. The Balaban J connectivity index is 1.52. The highest BCUT2D eigenvalue weighted by atomic mass is 35.5. The van der Waals surface area contributed by atoms with Crippen molar-refractivity contribution in [3.05, 3.63) is 64.2 Å². The van der Waals surface area contributed by atoms with Gasteiger partial charge in [0.15, 0.2) is 0 Å². The minimum atomic E-state index is -0.461. The van der Waals surface area contributed by atoms with Gasteiger partial charge in [0, 0.05) is 36.6 Å². The fourth-order valence-corrected chi connectivity index (χ4v) is 3.64. The molecule has 1 amide bonds. The molecule has 1 saturated heterocycles. The van der Waals surface area contributed by atoms with Crippen LogP contribution in [0.5, 0.6) is 0 Å². The maximum absolute atomic E-state index is 13.2. The predicted molar refractivity (Wildman–Crippen MR) is 104 cm³/mol. The quantitative estimate of drug-likeness (QED) is 0.646. The van der Waals surface area contributed by atoms with Crippen molar-refractivity contribution in [1.82, 2.24) is 14.9 Å². The fraction of sp³-hybridized carbons (Fsp3) is 0.211. The molecule has 3 aromatic rings. The van der Waals surface area contributed by atoms with E-state index in [1.165, 1.54) is 18.5 Å². The van der Waals surface area contributed by atoms with Crippen molar-refractivity contribution in [2.45, 2.75) is 0 Å². The second-order valence-electron chi connectivity index (χ2n) is 6.26. The molecular weight excluding hydrogens is 390 g/mol. The van der Waals surface area contributed by atoms with Crippen LogP contribution < -0.4 is 4.90 Å². The van der Waals surface area contributed by atoms with E-state index in [1.54, 1.807) is 11.0 Å². The summed E-state index contributed by atoms with van der Waals surface area (Å²) in [5, 5.41) is 1.67. The topological polar surface area (TPSA) is 49.3 Å². The maximum atomic E-state index is 13.2. The summed E-state index contributed by atoms with van der Waals surface area (Å²) in [6.07, 6.45) is 1.52. The summed E-state index contributed by atoms with van der Waals surface area (Å²) in [4.78, 5) is 25.2. The van der Waals surface area contributed by atoms with Crippen molar-refractivity contribution < 1.29 is 9.18 Å². The van der Waals surface area contributed by atoms with Crippen LogP contribution in [-0.4, -0.2) is 47.0 Å². The molecule has 2 aromatic carbocycles. The van der Waals surface area contributed by atoms with Crippen LogP contribution >= 0.6 is 23.2 Å². The first-order chi connectivity index (χ1) is 13.0. The van der Waals surface area contributed by atoms with Crippen LogP contribution in [-0.2, 0) is 0 Å². The van der Waals surface area contributed by atoms with Crippen LogP contribution in [0.25, 0.3) is 10.9 Å². The third-order valence-corrected chi connectivity index (χ3v) is 5.15. The highest BCUT2D eigenvalue weighted by molar-refractivity contribution is 6.33. The molecule has 0 atom stereocenters. The summed E-state index contributed by atoms with van der Waals surface area (Å²) in [7, 11) is 0. The Hall–Kier alpha value is -2.44. The van der Waals surface area contributed by atoms with Gasteiger partial charge >= 0.3 is 0 Å². The van der Waals surface area contributed by atoms with E-state index in [1.807, 2.05) is 12.1 Å². The monoisotopic (exact) mass is 404 g/mol. The molecule has 0 N–H and O–H groups in total. The minimum Gasteiger partial charge on any atom is -0.352 e. The Bertz CT molecular complexity index is 1020. The van der Waals surface area contributed by atoms with Gasteiger partial charge in [-0.2, -0.15) is 0 Å². The summed E-state index contributed by atoms with van der Waals surface area (Å²) in [5.74, 6) is 0.166. The lowest BCUT2D eigenvalue weighted by atomic mass is 10.1. The van der Waals surface area contributed by atoms with E-state index in [-0.39, 0.29) is 10.9 Å². The number of aromatic nitrogens is 2. The largest absolute Gasteiger partial charge is 0.352 e. The predicted octanol–water partition coefficient (Wildman–Crippen LogP) is 4.04. The van der Waals surface area contributed by atoms with Gasteiger partial charge < -0.3 is 9.80 Å². The number of rotatable bonds is 2. The van der Waals surface area contributed by atoms with Crippen molar-refractivity contribution in [2.24, 2.45) is 0 Å². The number of fused-ring (bicyclic) bond motifs is 1. The van der Waals surface area contributed by atoms with E-state index in [4.69, 9.17) is 23.2 Å². The van der Waals surface area contributed by atoms with Gasteiger partial charge in [-0.05, 0) is 36.4 Å². The van der Waals surface area contributed by atoms with Gasteiger partial charge in [0.2, 0.25) is 0 Å². The van der Waals surface area contributed by atoms with Crippen molar-refractivity contribution in [1.29, 1.82) is 0 Å². The zero-order valence-electron chi connectivity index (χ0n) is 14.2. The van der Waals surface area contributed by atoms with Crippen LogP contribution in [0.15, 0.2) is 42.7 Å². The molecule has 0 saturated carbocycles. The van der Waals surface area contributed by atoms with E-state index >= 15 is 0 Å². The first-order valence-electron chi connectivity index (χ1n) is 8.42.